The summed E-state index contributed by atoms with van der Waals surface area (Å²) in [4.78, 5) is 30.9. The Morgan fingerprint density at radius 3 is 1.71 bits per heavy atom. The van der Waals surface area contributed by atoms with Crippen LogP contribution < -0.4 is 4.52 Å². The number of unbranched alkanes of at least 4 members (excludes halogenated alkanes) is 15. The molecule has 0 aromatic heterocycles. The molecule has 5 nitrogen and oxygen atoms in total. The number of benzene rings is 1. The molecule has 6 heteroatoms. The molecule has 0 fully saturated rings. The molecule has 0 amide bonds. The highest BCUT2D eigenvalue weighted by molar-refractivity contribution is 7.39. The molecule has 0 atom stereocenters. The van der Waals surface area contributed by atoms with Crippen LogP contribution in [-0.4, -0.2) is 22.4 Å². The molecule has 1 aromatic rings. The Morgan fingerprint density at radius 2 is 1.26 bits per heavy atom. The Hall–Kier alpha value is -1.16. The summed E-state index contributed by atoms with van der Waals surface area (Å²) in [6.45, 7) is 10.8. The van der Waals surface area contributed by atoms with Crippen molar-refractivity contribution in [3.63, 3.8) is 0 Å². The van der Waals surface area contributed by atoms with Crippen molar-refractivity contribution in [1.29, 1.82) is 0 Å². The van der Waals surface area contributed by atoms with E-state index < -0.39 is 8.60 Å². The first-order chi connectivity index (χ1) is 18.1. The Bertz CT molecular complexity index is 757. The van der Waals surface area contributed by atoms with Crippen molar-refractivity contribution in [1.82, 2.24) is 0 Å². The first-order valence-corrected chi connectivity index (χ1v) is 16.5. The topological polar surface area (TPSA) is 76.0 Å². The van der Waals surface area contributed by atoms with Crippen molar-refractivity contribution in [2.45, 2.75) is 156 Å². The molecule has 0 aliphatic heterocycles. The summed E-state index contributed by atoms with van der Waals surface area (Å²) in [6.07, 6.45) is 22.2. The Morgan fingerprint density at radius 1 is 0.789 bits per heavy atom. The zero-order chi connectivity index (χ0) is 28.2. The minimum absolute atomic E-state index is 0.157. The zero-order valence-corrected chi connectivity index (χ0v) is 26.1. The second kappa shape index (κ2) is 20.7. The number of rotatable bonds is 22. The van der Waals surface area contributed by atoms with Crippen LogP contribution >= 0.6 is 8.60 Å². The van der Waals surface area contributed by atoms with Crippen molar-refractivity contribution in [3.8, 4) is 5.75 Å². The average Bonchev–Trinajstić information content (AvgIpc) is 2.85. The van der Waals surface area contributed by atoms with Gasteiger partial charge in [-0.2, -0.15) is 0 Å². The fourth-order valence-electron chi connectivity index (χ4n) is 4.91. The van der Waals surface area contributed by atoms with Gasteiger partial charge in [0, 0.05) is 12.0 Å². The number of esters is 1. The van der Waals surface area contributed by atoms with E-state index in [1.54, 1.807) is 0 Å². The van der Waals surface area contributed by atoms with Crippen molar-refractivity contribution in [2.75, 3.05) is 6.61 Å². The molecule has 1 aromatic carbocycles. The number of hydrogen-bond acceptors (Lipinski definition) is 5. The van der Waals surface area contributed by atoms with Crippen LogP contribution in [0.4, 0.5) is 0 Å². The van der Waals surface area contributed by atoms with Crippen LogP contribution in [0, 0.1) is 6.92 Å². The number of aryl methyl sites for hydroxylation is 2. The summed E-state index contributed by atoms with van der Waals surface area (Å²) in [6, 6.07) is 3.95. The number of hydrogen-bond donors (Lipinski definition) is 2. The Kier molecular flexibility index (Phi) is 19.0. The van der Waals surface area contributed by atoms with E-state index in [0.717, 1.165) is 29.5 Å². The molecule has 0 saturated heterocycles. The van der Waals surface area contributed by atoms with Gasteiger partial charge in [-0.3, -0.25) is 4.79 Å². The van der Waals surface area contributed by atoms with E-state index in [1.165, 1.54) is 89.9 Å². The lowest BCUT2D eigenvalue weighted by molar-refractivity contribution is -0.143. The van der Waals surface area contributed by atoms with Gasteiger partial charge in [0.2, 0.25) is 0 Å². The summed E-state index contributed by atoms with van der Waals surface area (Å²) in [5.41, 5.74) is 2.54. The minimum Gasteiger partial charge on any atom is -0.466 e. The largest absolute Gasteiger partial charge is 0.466 e. The van der Waals surface area contributed by atoms with E-state index in [9.17, 15) is 14.6 Å². The molecule has 220 valence electrons. The molecule has 0 saturated carbocycles. The minimum atomic E-state index is -2.48. The van der Waals surface area contributed by atoms with Crippen molar-refractivity contribution >= 4 is 14.6 Å². The molecule has 2 N–H and O–H groups in total. The second-order valence-corrected chi connectivity index (χ2v) is 12.6. The highest BCUT2D eigenvalue weighted by Gasteiger charge is 2.23. The fourth-order valence-corrected chi connectivity index (χ4v) is 5.31. The third kappa shape index (κ3) is 16.7. The summed E-state index contributed by atoms with van der Waals surface area (Å²) in [5, 5.41) is 0. The van der Waals surface area contributed by atoms with E-state index in [0.29, 0.717) is 25.2 Å². The molecule has 1 rings (SSSR count). The molecular weight excluding hydrogens is 495 g/mol. The fraction of sp³-hybridized carbons (Fsp3) is 0.781. The zero-order valence-electron chi connectivity index (χ0n) is 25.2. The second-order valence-electron chi connectivity index (χ2n) is 11.9. The van der Waals surface area contributed by atoms with Crippen LogP contribution in [0.5, 0.6) is 5.75 Å². The number of carbonyl (C=O) groups excluding carboxylic acids is 1. The van der Waals surface area contributed by atoms with E-state index in [1.807, 2.05) is 19.1 Å². The van der Waals surface area contributed by atoms with Crippen LogP contribution in [0.1, 0.15) is 154 Å². The maximum atomic E-state index is 12.2. The molecule has 0 radical (unpaired) electrons. The lowest BCUT2D eigenvalue weighted by Crippen LogP contribution is -2.14. The molecule has 38 heavy (non-hydrogen) atoms. The molecule has 0 unspecified atom stereocenters. The quantitative estimate of drug-likeness (QED) is 0.0851. The number of carbonyl (C=O) groups is 1. The first kappa shape index (κ1) is 34.9. The maximum absolute atomic E-state index is 12.2. The van der Waals surface area contributed by atoms with Gasteiger partial charge in [0.05, 0.1) is 6.61 Å². The molecule has 0 aliphatic rings. The van der Waals surface area contributed by atoms with Gasteiger partial charge in [-0.25, -0.2) is 0 Å². The Balaban J connectivity index is 2.10. The van der Waals surface area contributed by atoms with Crippen LogP contribution in [0.3, 0.4) is 0 Å². The molecule has 0 heterocycles. The Labute approximate surface area is 235 Å². The van der Waals surface area contributed by atoms with E-state index in [4.69, 9.17) is 9.26 Å². The standard InChI is InChI=1S/C32H57O5P/c1-6-7-8-9-10-11-12-13-14-15-16-17-18-19-20-21-24-36-30(33)23-22-28-25-27(2)31(37-38(34)35)29(26-28)32(3,4)5/h25-26,34-35H,6-24H2,1-5H3. The van der Waals surface area contributed by atoms with Crippen LogP contribution in [0.25, 0.3) is 0 Å². The maximum Gasteiger partial charge on any atom is 0.391 e. The molecule has 0 spiro atoms. The van der Waals surface area contributed by atoms with E-state index in [2.05, 4.69) is 27.7 Å². The summed E-state index contributed by atoms with van der Waals surface area (Å²) in [5.74, 6) is 0.360. The van der Waals surface area contributed by atoms with Gasteiger partial charge in [-0.15, -0.1) is 0 Å². The lowest BCUT2D eigenvalue weighted by Gasteiger charge is -2.25. The molecule has 0 aliphatic carbocycles. The van der Waals surface area contributed by atoms with Gasteiger partial charge in [0.15, 0.2) is 0 Å². The lowest BCUT2D eigenvalue weighted by atomic mass is 9.83. The van der Waals surface area contributed by atoms with Crippen LogP contribution in [0.15, 0.2) is 12.1 Å². The van der Waals surface area contributed by atoms with Crippen molar-refractivity contribution in [3.05, 3.63) is 28.8 Å². The van der Waals surface area contributed by atoms with Gasteiger partial charge in [0.1, 0.15) is 5.75 Å². The van der Waals surface area contributed by atoms with Crippen LogP contribution in [0.2, 0.25) is 0 Å². The normalized spacial score (nSPS) is 11.8. The predicted molar refractivity (Wildman–Crippen MR) is 161 cm³/mol. The van der Waals surface area contributed by atoms with E-state index in [-0.39, 0.29) is 11.4 Å². The van der Waals surface area contributed by atoms with Gasteiger partial charge in [-0.05, 0) is 36.3 Å². The smallest absolute Gasteiger partial charge is 0.391 e. The van der Waals surface area contributed by atoms with Crippen LogP contribution in [-0.2, 0) is 21.4 Å². The monoisotopic (exact) mass is 552 g/mol. The highest BCUT2D eigenvalue weighted by atomic mass is 31.2. The summed E-state index contributed by atoms with van der Waals surface area (Å²) >= 11 is 0. The third-order valence-corrected chi connectivity index (χ3v) is 7.54. The molecule has 0 bridgehead atoms. The first-order valence-electron chi connectivity index (χ1n) is 15.3. The van der Waals surface area contributed by atoms with E-state index >= 15 is 0 Å². The van der Waals surface area contributed by atoms with Gasteiger partial charge < -0.3 is 19.0 Å². The molecular formula is C32H57O5P. The van der Waals surface area contributed by atoms with Crippen molar-refractivity contribution in [2.24, 2.45) is 0 Å². The number of ether oxygens (including phenoxy) is 1. The van der Waals surface area contributed by atoms with Gasteiger partial charge >= 0.3 is 14.6 Å². The van der Waals surface area contributed by atoms with Gasteiger partial charge in [-0.1, -0.05) is 136 Å². The van der Waals surface area contributed by atoms with Crippen molar-refractivity contribution < 1.29 is 23.8 Å². The van der Waals surface area contributed by atoms with Gasteiger partial charge in [0.25, 0.3) is 0 Å². The summed E-state index contributed by atoms with van der Waals surface area (Å²) < 4.78 is 10.8. The SMILES string of the molecule is CCCCCCCCCCCCCCCCCCOC(=O)CCc1cc(C)c(OP(O)O)c(C(C)(C)C)c1. The average molecular weight is 553 g/mol. The third-order valence-electron chi connectivity index (χ3n) is 7.19. The predicted octanol–water partition coefficient (Wildman–Crippen LogP) is 9.62. The summed E-state index contributed by atoms with van der Waals surface area (Å²) in [7, 11) is -2.48. The highest BCUT2D eigenvalue weighted by Crippen LogP contribution is 2.40.